The number of rotatable bonds is 2. The maximum Gasteiger partial charge on any atom is 0.240 e. The van der Waals surface area contributed by atoms with E-state index >= 15 is 0 Å². The fraction of sp³-hybridized carbons (Fsp3) is 0.0909. The van der Waals surface area contributed by atoms with Gasteiger partial charge in [-0.05, 0) is 31.2 Å². The Labute approximate surface area is 91.1 Å². The summed E-state index contributed by atoms with van der Waals surface area (Å²) in [6, 6.07) is 7.34. The molecule has 0 atom stereocenters. The number of hydrogen-bond acceptors (Lipinski definition) is 4. The quantitative estimate of drug-likeness (QED) is 0.571. The SMILES string of the molecule is Cc1csc(-c2ccc(N=C=O)cc2)n1. The molecule has 2 aromatic rings. The number of carbonyl (C=O) groups excluding carboxylic acids is 1. The number of isocyanates is 1. The van der Waals surface area contributed by atoms with E-state index in [1.54, 1.807) is 23.5 Å². The van der Waals surface area contributed by atoms with E-state index < -0.39 is 0 Å². The number of aliphatic imine (C=N–C) groups is 1. The van der Waals surface area contributed by atoms with Gasteiger partial charge in [-0.15, -0.1) is 11.3 Å². The molecule has 15 heavy (non-hydrogen) atoms. The number of nitrogens with zero attached hydrogens (tertiary/aromatic N) is 2. The highest BCUT2D eigenvalue weighted by Crippen LogP contribution is 2.25. The summed E-state index contributed by atoms with van der Waals surface area (Å²) >= 11 is 1.60. The van der Waals surface area contributed by atoms with Crippen molar-refractivity contribution in [2.45, 2.75) is 6.92 Å². The Kier molecular flexibility index (Phi) is 2.72. The molecule has 0 amide bonds. The summed E-state index contributed by atoms with van der Waals surface area (Å²) in [6.45, 7) is 1.96. The Bertz CT molecular complexity index is 510. The van der Waals surface area contributed by atoms with Gasteiger partial charge in [-0.1, -0.05) is 0 Å². The van der Waals surface area contributed by atoms with Gasteiger partial charge < -0.3 is 0 Å². The average Bonchev–Trinajstić information content (AvgIpc) is 2.67. The van der Waals surface area contributed by atoms with Crippen molar-refractivity contribution < 1.29 is 4.79 Å². The maximum atomic E-state index is 10.0. The third kappa shape index (κ3) is 2.18. The Morgan fingerprint density at radius 3 is 2.60 bits per heavy atom. The van der Waals surface area contributed by atoms with Crippen LogP contribution in [-0.4, -0.2) is 11.1 Å². The number of benzene rings is 1. The summed E-state index contributed by atoms with van der Waals surface area (Å²) in [5.74, 6) is 0. The van der Waals surface area contributed by atoms with E-state index in [1.807, 2.05) is 24.4 Å². The van der Waals surface area contributed by atoms with E-state index in [-0.39, 0.29) is 0 Å². The molecule has 0 radical (unpaired) electrons. The van der Waals surface area contributed by atoms with Gasteiger partial charge in [-0.2, -0.15) is 4.99 Å². The molecule has 74 valence electrons. The van der Waals surface area contributed by atoms with Crippen LogP contribution in [0.4, 0.5) is 5.69 Å². The van der Waals surface area contributed by atoms with Gasteiger partial charge in [0.15, 0.2) is 0 Å². The van der Waals surface area contributed by atoms with E-state index in [0.717, 1.165) is 16.3 Å². The molecular weight excluding hydrogens is 208 g/mol. The minimum Gasteiger partial charge on any atom is -0.241 e. The second kappa shape index (κ2) is 4.17. The van der Waals surface area contributed by atoms with E-state index in [4.69, 9.17) is 0 Å². The van der Waals surface area contributed by atoms with E-state index in [9.17, 15) is 4.79 Å². The molecule has 4 heteroatoms. The van der Waals surface area contributed by atoms with Crippen molar-refractivity contribution in [2.24, 2.45) is 4.99 Å². The minimum absolute atomic E-state index is 0.613. The van der Waals surface area contributed by atoms with Crippen molar-refractivity contribution in [3.8, 4) is 10.6 Å². The molecule has 0 bridgehead atoms. The van der Waals surface area contributed by atoms with Crippen molar-refractivity contribution in [3.05, 3.63) is 35.3 Å². The summed E-state index contributed by atoms with van der Waals surface area (Å²) in [4.78, 5) is 17.9. The van der Waals surface area contributed by atoms with Crippen LogP contribution in [0, 0.1) is 6.92 Å². The molecule has 0 aliphatic carbocycles. The lowest BCUT2D eigenvalue weighted by Crippen LogP contribution is -1.75. The van der Waals surface area contributed by atoms with Crippen LogP contribution < -0.4 is 0 Å². The Hall–Kier alpha value is -1.77. The molecule has 0 aliphatic heterocycles. The lowest BCUT2D eigenvalue weighted by atomic mass is 10.2. The molecule has 1 aromatic carbocycles. The highest BCUT2D eigenvalue weighted by atomic mass is 32.1. The molecule has 0 saturated heterocycles. The first-order chi connectivity index (χ1) is 7.29. The first-order valence-electron chi connectivity index (χ1n) is 4.40. The molecule has 0 spiro atoms. The van der Waals surface area contributed by atoms with E-state index in [1.165, 1.54) is 6.08 Å². The van der Waals surface area contributed by atoms with Gasteiger partial charge >= 0.3 is 0 Å². The first kappa shape index (κ1) is 9.77. The fourth-order valence-electron chi connectivity index (χ4n) is 1.22. The van der Waals surface area contributed by atoms with Crippen LogP contribution in [-0.2, 0) is 4.79 Å². The molecule has 1 aromatic heterocycles. The lowest BCUT2D eigenvalue weighted by Gasteiger charge is -1.95. The van der Waals surface area contributed by atoms with Crippen molar-refractivity contribution >= 4 is 23.1 Å². The highest BCUT2D eigenvalue weighted by molar-refractivity contribution is 7.13. The van der Waals surface area contributed by atoms with Gasteiger partial charge in [0.05, 0.1) is 5.69 Å². The molecular formula is C11H8N2OS. The van der Waals surface area contributed by atoms with Crippen molar-refractivity contribution in [2.75, 3.05) is 0 Å². The fourth-order valence-corrected chi connectivity index (χ4v) is 2.02. The van der Waals surface area contributed by atoms with Gasteiger partial charge in [0, 0.05) is 16.6 Å². The molecule has 0 aliphatic rings. The normalized spacial score (nSPS) is 9.67. The van der Waals surface area contributed by atoms with Crippen LogP contribution in [0.25, 0.3) is 10.6 Å². The second-order valence-corrected chi connectivity index (χ2v) is 3.90. The van der Waals surface area contributed by atoms with Gasteiger partial charge in [-0.25, -0.2) is 9.78 Å². The number of aryl methyl sites for hydroxylation is 1. The molecule has 1 heterocycles. The summed E-state index contributed by atoms with van der Waals surface area (Å²) in [7, 11) is 0. The van der Waals surface area contributed by atoms with Crippen LogP contribution in [0.1, 0.15) is 5.69 Å². The number of aromatic nitrogens is 1. The monoisotopic (exact) mass is 216 g/mol. The van der Waals surface area contributed by atoms with Gasteiger partial charge in [0.2, 0.25) is 6.08 Å². The largest absolute Gasteiger partial charge is 0.241 e. The van der Waals surface area contributed by atoms with Gasteiger partial charge in [-0.3, -0.25) is 0 Å². The van der Waals surface area contributed by atoms with Crippen molar-refractivity contribution in [3.63, 3.8) is 0 Å². The van der Waals surface area contributed by atoms with Crippen LogP contribution in [0.2, 0.25) is 0 Å². The molecule has 3 nitrogen and oxygen atoms in total. The Morgan fingerprint density at radius 1 is 1.33 bits per heavy atom. The molecule has 0 saturated carbocycles. The third-order valence-corrected chi connectivity index (χ3v) is 2.92. The van der Waals surface area contributed by atoms with Crippen LogP contribution in [0.5, 0.6) is 0 Å². The molecule has 0 N–H and O–H groups in total. The van der Waals surface area contributed by atoms with Crippen LogP contribution >= 0.6 is 11.3 Å². The number of thiazole rings is 1. The van der Waals surface area contributed by atoms with Crippen LogP contribution in [0.3, 0.4) is 0 Å². The second-order valence-electron chi connectivity index (χ2n) is 3.04. The van der Waals surface area contributed by atoms with Crippen molar-refractivity contribution in [1.82, 2.24) is 4.98 Å². The molecule has 2 rings (SSSR count). The Balaban J connectivity index is 2.35. The zero-order chi connectivity index (χ0) is 10.7. The summed E-state index contributed by atoms with van der Waals surface area (Å²) in [5.41, 5.74) is 2.67. The predicted octanol–water partition coefficient (Wildman–Crippen LogP) is 3.09. The van der Waals surface area contributed by atoms with Crippen molar-refractivity contribution in [1.29, 1.82) is 0 Å². The first-order valence-corrected chi connectivity index (χ1v) is 5.28. The van der Waals surface area contributed by atoms with E-state index in [2.05, 4.69) is 9.98 Å². The smallest absolute Gasteiger partial charge is 0.240 e. The average molecular weight is 216 g/mol. The highest BCUT2D eigenvalue weighted by Gasteiger charge is 2.01. The minimum atomic E-state index is 0.613. The summed E-state index contributed by atoms with van der Waals surface area (Å²) < 4.78 is 0. The van der Waals surface area contributed by atoms with Gasteiger partial charge in [0.1, 0.15) is 5.01 Å². The summed E-state index contributed by atoms with van der Waals surface area (Å²) in [5, 5.41) is 2.99. The number of hydrogen-bond donors (Lipinski definition) is 0. The standard InChI is InChI=1S/C11H8N2OS/c1-8-6-15-11(13-8)9-2-4-10(5-3-9)12-7-14/h2-6H,1H3. The van der Waals surface area contributed by atoms with E-state index in [0.29, 0.717) is 5.69 Å². The van der Waals surface area contributed by atoms with Gasteiger partial charge in [0.25, 0.3) is 0 Å². The maximum absolute atomic E-state index is 10.0. The zero-order valence-electron chi connectivity index (χ0n) is 8.10. The Morgan fingerprint density at radius 2 is 2.07 bits per heavy atom. The molecule has 0 fully saturated rings. The predicted molar refractivity (Wildman–Crippen MR) is 60.1 cm³/mol. The van der Waals surface area contributed by atoms with Crippen LogP contribution in [0.15, 0.2) is 34.6 Å². The lowest BCUT2D eigenvalue weighted by molar-refractivity contribution is 0.565. The third-order valence-electron chi connectivity index (χ3n) is 1.91. The zero-order valence-corrected chi connectivity index (χ0v) is 8.91. The summed E-state index contributed by atoms with van der Waals surface area (Å²) in [6.07, 6.45) is 1.51. The topological polar surface area (TPSA) is 42.3 Å². The molecule has 0 unspecified atom stereocenters.